The quantitative estimate of drug-likeness (QED) is 0.777. The van der Waals surface area contributed by atoms with Crippen molar-refractivity contribution >= 4 is 17.7 Å². The molecule has 156 valence electrons. The van der Waals surface area contributed by atoms with Crippen LogP contribution in [-0.2, 0) is 14.3 Å². The molecule has 9 nitrogen and oxygen atoms in total. The van der Waals surface area contributed by atoms with Crippen molar-refractivity contribution in [3.63, 3.8) is 0 Å². The standard InChI is InChI=1S/C20H25N3O6/c1-21-17(24)15-16(27-3)19(26)22(2)20(15)6-8-23(9-7-20)18(25)12-4-5-13-14(10-12)29-11-28-13/h4-5,10,15-16H,6-9,11H2,1-3H3,(H,21,24)/t15-,16+/m0/s1. The van der Waals surface area contributed by atoms with E-state index in [1.165, 1.54) is 7.11 Å². The molecule has 2 saturated heterocycles. The Morgan fingerprint density at radius 2 is 1.90 bits per heavy atom. The van der Waals surface area contributed by atoms with Gasteiger partial charge in [0.1, 0.15) is 6.10 Å². The molecule has 1 aromatic carbocycles. The van der Waals surface area contributed by atoms with E-state index in [4.69, 9.17) is 14.2 Å². The monoisotopic (exact) mass is 403 g/mol. The maximum absolute atomic E-state index is 13.0. The molecule has 3 amide bonds. The van der Waals surface area contributed by atoms with Crippen molar-refractivity contribution in [2.24, 2.45) is 5.92 Å². The van der Waals surface area contributed by atoms with E-state index < -0.39 is 17.6 Å². The van der Waals surface area contributed by atoms with Gasteiger partial charge in [-0.3, -0.25) is 14.4 Å². The predicted octanol–water partition coefficient (Wildman–Crippen LogP) is 0.239. The van der Waals surface area contributed by atoms with Gasteiger partial charge in [-0.1, -0.05) is 0 Å². The lowest BCUT2D eigenvalue weighted by Gasteiger charge is -2.46. The van der Waals surface area contributed by atoms with Crippen LogP contribution in [0.4, 0.5) is 0 Å². The molecule has 3 aliphatic rings. The molecule has 0 saturated carbocycles. The second kappa shape index (κ2) is 7.22. The number of nitrogens with one attached hydrogen (secondary N) is 1. The first-order valence-corrected chi connectivity index (χ1v) is 9.64. The Morgan fingerprint density at radius 3 is 2.55 bits per heavy atom. The zero-order chi connectivity index (χ0) is 20.8. The molecule has 0 bridgehead atoms. The highest BCUT2D eigenvalue weighted by molar-refractivity contribution is 5.96. The third-order valence-electron chi connectivity index (χ3n) is 6.44. The number of carbonyl (C=O) groups is 3. The number of fused-ring (bicyclic) bond motifs is 1. The maximum atomic E-state index is 13.0. The van der Waals surface area contributed by atoms with Crippen molar-refractivity contribution < 1.29 is 28.6 Å². The van der Waals surface area contributed by atoms with Gasteiger partial charge in [-0.2, -0.15) is 0 Å². The normalized spacial score (nSPS) is 24.9. The van der Waals surface area contributed by atoms with Gasteiger partial charge in [0.25, 0.3) is 11.8 Å². The zero-order valence-corrected chi connectivity index (χ0v) is 16.8. The van der Waals surface area contributed by atoms with Gasteiger partial charge in [0.05, 0.1) is 11.5 Å². The second-order valence-corrected chi connectivity index (χ2v) is 7.61. The summed E-state index contributed by atoms with van der Waals surface area (Å²) in [5.41, 5.74) is -0.137. The van der Waals surface area contributed by atoms with Crippen LogP contribution in [0.2, 0.25) is 0 Å². The van der Waals surface area contributed by atoms with Crippen LogP contribution in [0.25, 0.3) is 0 Å². The number of methoxy groups -OCH3 is 1. The molecule has 0 radical (unpaired) electrons. The van der Waals surface area contributed by atoms with Gasteiger partial charge in [-0.15, -0.1) is 0 Å². The summed E-state index contributed by atoms with van der Waals surface area (Å²) in [6.45, 7) is 1.03. The van der Waals surface area contributed by atoms with Crippen LogP contribution in [-0.4, -0.2) is 80.3 Å². The smallest absolute Gasteiger partial charge is 0.253 e. The number of hydrogen-bond acceptors (Lipinski definition) is 6. The molecule has 2 fully saturated rings. The largest absolute Gasteiger partial charge is 0.454 e. The average Bonchev–Trinajstić information content (AvgIpc) is 3.30. The number of hydrogen-bond donors (Lipinski definition) is 1. The summed E-state index contributed by atoms with van der Waals surface area (Å²) >= 11 is 0. The Morgan fingerprint density at radius 1 is 1.21 bits per heavy atom. The molecule has 0 aliphatic carbocycles. The molecular weight excluding hydrogens is 378 g/mol. The first-order valence-electron chi connectivity index (χ1n) is 9.64. The van der Waals surface area contributed by atoms with E-state index in [1.54, 1.807) is 42.1 Å². The summed E-state index contributed by atoms with van der Waals surface area (Å²) in [5.74, 6) is 0.0572. The molecular formula is C20H25N3O6. The molecule has 1 spiro atoms. The van der Waals surface area contributed by atoms with Gasteiger partial charge in [0, 0.05) is 39.9 Å². The molecule has 4 rings (SSSR count). The van der Waals surface area contributed by atoms with E-state index in [0.29, 0.717) is 43.0 Å². The topological polar surface area (TPSA) is 97.4 Å². The fraction of sp³-hybridized carbons (Fsp3) is 0.550. The number of rotatable bonds is 3. The molecule has 0 unspecified atom stereocenters. The molecule has 3 heterocycles. The van der Waals surface area contributed by atoms with Gasteiger partial charge in [-0.25, -0.2) is 0 Å². The minimum atomic E-state index is -0.809. The minimum absolute atomic E-state index is 0.107. The number of nitrogens with zero attached hydrogens (tertiary/aromatic N) is 2. The first-order chi connectivity index (χ1) is 13.9. The third kappa shape index (κ3) is 2.91. The fourth-order valence-corrected chi connectivity index (χ4v) is 4.77. The van der Waals surface area contributed by atoms with Gasteiger partial charge < -0.3 is 29.3 Å². The molecule has 1 N–H and O–H groups in total. The van der Waals surface area contributed by atoms with E-state index in [1.807, 2.05) is 0 Å². The number of likely N-dealkylation sites (tertiary alicyclic amines) is 2. The SMILES string of the molecule is CNC(=O)[C@@H]1[C@@H](OC)C(=O)N(C)C12CCN(C(=O)c1ccc3c(c1)OCO3)CC2. The average molecular weight is 403 g/mol. The van der Waals surface area contributed by atoms with Crippen molar-refractivity contribution in [1.82, 2.24) is 15.1 Å². The maximum Gasteiger partial charge on any atom is 0.253 e. The van der Waals surface area contributed by atoms with Gasteiger partial charge in [0.2, 0.25) is 12.7 Å². The number of carbonyl (C=O) groups excluding carboxylic acids is 3. The van der Waals surface area contributed by atoms with Crippen LogP contribution >= 0.6 is 0 Å². The Labute approximate surface area is 168 Å². The number of benzene rings is 1. The summed E-state index contributed by atoms with van der Waals surface area (Å²) in [7, 11) is 4.72. The van der Waals surface area contributed by atoms with E-state index in [0.717, 1.165) is 0 Å². The van der Waals surface area contributed by atoms with Gasteiger partial charge in [0.15, 0.2) is 11.5 Å². The van der Waals surface area contributed by atoms with Crippen molar-refractivity contribution in [2.45, 2.75) is 24.5 Å². The molecule has 1 aromatic rings. The van der Waals surface area contributed by atoms with E-state index in [2.05, 4.69) is 5.32 Å². The highest BCUT2D eigenvalue weighted by atomic mass is 16.7. The predicted molar refractivity (Wildman–Crippen MR) is 102 cm³/mol. The number of piperidine rings is 1. The summed E-state index contributed by atoms with van der Waals surface area (Å²) in [6, 6.07) is 5.14. The van der Waals surface area contributed by atoms with Crippen molar-refractivity contribution in [3.05, 3.63) is 23.8 Å². The van der Waals surface area contributed by atoms with E-state index in [9.17, 15) is 14.4 Å². The zero-order valence-electron chi connectivity index (χ0n) is 16.8. The Balaban J connectivity index is 1.53. The third-order valence-corrected chi connectivity index (χ3v) is 6.44. The van der Waals surface area contributed by atoms with E-state index in [-0.39, 0.29) is 24.5 Å². The lowest BCUT2D eigenvalue weighted by Crippen LogP contribution is -2.58. The summed E-state index contributed by atoms with van der Waals surface area (Å²) < 4.78 is 16.0. The van der Waals surface area contributed by atoms with Crippen LogP contribution in [0.1, 0.15) is 23.2 Å². The summed E-state index contributed by atoms with van der Waals surface area (Å²) in [5, 5.41) is 2.66. The van der Waals surface area contributed by atoms with E-state index >= 15 is 0 Å². The van der Waals surface area contributed by atoms with Gasteiger partial charge in [-0.05, 0) is 31.0 Å². The van der Waals surface area contributed by atoms with Crippen molar-refractivity contribution in [1.29, 1.82) is 0 Å². The first kappa shape index (κ1) is 19.5. The van der Waals surface area contributed by atoms with Crippen LogP contribution in [0.3, 0.4) is 0 Å². The highest BCUT2D eigenvalue weighted by Crippen LogP contribution is 2.44. The molecule has 9 heteroatoms. The Hall–Kier alpha value is -2.81. The Bertz CT molecular complexity index is 849. The molecule has 0 aromatic heterocycles. The van der Waals surface area contributed by atoms with Crippen LogP contribution in [0.5, 0.6) is 11.5 Å². The lowest BCUT2D eigenvalue weighted by atomic mass is 9.75. The van der Waals surface area contributed by atoms with Gasteiger partial charge >= 0.3 is 0 Å². The lowest BCUT2D eigenvalue weighted by molar-refractivity contribution is -0.139. The molecule has 29 heavy (non-hydrogen) atoms. The molecule has 3 aliphatic heterocycles. The minimum Gasteiger partial charge on any atom is -0.454 e. The summed E-state index contributed by atoms with van der Waals surface area (Å²) in [4.78, 5) is 41.7. The van der Waals surface area contributed by atoms with Crippen LogP contribution < -0.4 is 14.8 Å². The Kier molecular flexibility index (Phi) is 4.85. The fourth-order valence-electron chi connectivity index (χ4n) is 4.77. The summed E-state index contributed by atoms with van der Waals surface area (Å²) in [6.07, 6.45) is 0.198. The van der Waals surface area contributed by atoms with Crippen molar-refractivity contribution in [3.8, 4) is 11.5 Å². The van der Waals surface area contributed by atoms with Crippen LogP contribution in [0.15, 0.2) is 18.2 Å². The number of amides is 3. The molecule has 2 atom stereocenters. The van der Waals surface area contributed by atoms with Crippen molar-refractivity contribution in [2.75, 3.05) is 41.1 Å². The highest BCUT2D eigenvalue weighted by Gasteiger charge is 2.61. The van der Waals surface area contributed by atoms with Crippen LogP contribution in [0, 0.1) is 5.92 Å². The number of ether oxygens (including phenoxy) is 3. The number of likely N-dealkylation sites (N-methyl/N-ethyl adjacent to an activating group) is 1. The second-order valence-electron chi connectivity index (χ2n) is 7.61.